The van der Waals surface area contributed by atoms with E-state index in [1.165, 1.54) is 12.1 Å². The van der Waals surface area contributed by atoms with E-state index in [0.717, 1.165) is 28.8 Å². The second kappa shape index (κ2) is 8.53. The fourth-order valence-corrected chi connectivity index (χ4v) is 3.38. The molecule has 0 saturated carbocycles. The molecule has 0 aromatic heterocycles. The summed E-state index contributed by atoms with van der Waals surface area (Å²) in [6.45, 7) is 3.91. The lowest BCUT2D eigenvalue weighted by molar-refractivity contribution is -0.119. The molecule has 0 bridgehead atoms. The van der Waals surface area contributed by atoms with Crippen molar-refractivity contribution >= 4 is 22.6 Å². The first-order chi connectivity index (χ1) is 11.8. The molecule has 2 aromatic carbocycles. The van der Waals surface area contributed by atoms with E-state index in [1.54, 1.807) is 0 Å². The standard InChI is InChI=1S/C18H19FN2O3S/c1-12-7-13(2)9-14(8-12)10-25(24)11-17(22)20-21-18(23)15-3-5-16(19)6-4-15/h3-9H,10-11H2,1-2H3,(H,20,22)(H,21,23)/t25-/m1/s1. The van der Waals surface area contributed by atoms with Gasteiger partial charge in [0.2, 0.25) is 0 Å². The summed E-state index contributed by atoms with van der Waals surface area (Å²) in [5.74, 6) is -1.55. The van der Waals surface area contributed by atoms with Crippen LogP contribution in [0.5, 0.6) is 0 Å². The van der Waals surface area contributed by atoms with Crippen molar-refractivity contribution in [3.63, 3.8) is 0 Å². The second-order valence-electron chi connectivity index (χ2n) is 5.73. The van der Waals surface area contributed by atoms with Crippen LogP contribution in [0.15, 0.2) is 42.5 Å². The van der Waals surface area contributed by atoms with Crippen LogP contribution in [-0.4, -0.2) is 21.8 Å². The molecule has 0 radical (unpaired) electrons. The van der Waals surface area contributed by atoms with Crippen molar-refractivity contribution < 1.29 is 18.2 Å². The molecular formula is C18H19FN2O3S. The first-order valence-corrected chi connectivity index (χ1v) is 9.09. The number of amides is 2. The molecule has 1 atom stereocenters. The quantitative estimate of drug-likeness (QED) is 0.801. The minimum Gasteiger partial charge on any atom is -0.272 e. The molecule has 2 rings (SSSR count). The Morgan fingerprint density at radius 1 is 1.00 bits per heavy atom. The molecule has 7 heteroatoms. The van der Waals surface area contributed by atoms with E-state index in [-0.39, 0.29) is 17.1 Å². The average molecular weight is 362 g/mol. The minimum atomic E-state index is -1.39. The highest BCUT2D eigenvalue weighted by Gasteiger charge is 2.11. The predicted octanol–water partition coefficient (Wildman–Crippen LogP) is 2.15. The largest absolute Gasteiger partial charge is 0.272 e. The molecule has 0 aliphatic rings. The van der Waals surface area contributed by atoms with Crippen molar-refractivity contribution in [2.45, 2.75) is 19.6 Å². The van der Waals surface area contributed by atoms with E-state index in [9.17, 15) is 18.2 Å². The molecule has 0 heterocycles. The number of hydrazine groups is 1. The molecule has 0 aliphatic heterocycles. The van der Waals surface area contributed by atoms with Gasteiger partial charge in [0.05, 0.1) is 0 Å². The van der Waals surface area contributed by atoms with Gasteiger partial charge in [0, 0.05) is 22.1 Å². The van der Waals surface area contributed by atoms with Crippen LogP contribution < -0.4 is 10.9 Å². The summed E-state index contributed by atoms with van der Waals surface area (Å²) in [6.07, 6.45) is 0. The highest BCUT2D eigenvalue weighted by molar-refractivity contribution is 7.84. The van der Waals surface area contributed by atoms with Gasteiger partial charge in [-0.05, 0) is 43.7 Å². The highest BCUT2D eigenvalue weighted by atomic mass is 32.2. The van der Waals surface area contributed by atoms with Gasteiger partial charge in [-0.25, -0.2) is 4.39 Å². The molecule has 0 spiro atoms. The van der Waals surface area contributed by atoms with Crippen LogP contribution >= 0.6 is 0 Å². The van der Waals surface area contributed by atoms with Gasteiger partial charge in [-0.2, -0.15) is 0 Å². The Morgan fingerprint density at radius 3 is 2.20 bits per heavy atom. The molecule has 0 fully saturated rings. The maximum atomic E-state index is 12.8. The van der Waals surface area contributed by atoms with Crippen LogP contribution in [-0.2, 0) is 21.3 Å². The second-order valence-corrected chi connectivity index (χ2v) is 7.19. The lowest BCUT2D eigenvalue weighted by Crippen LogP contribution is -2.43. The van der Waals surface area contributed by atoms with Crippen molar-refractivity contribution in [1.82, 2.24) is 10.9 Å². The molecular weight excluding hydrogens is 343 g/mol. The summed E-state index contributed by atoms with van der Waals surface area (Å²) >= 11 is 0. The highest BCUT2D eigenvalue weighted by Crippen LogP contribution is 2.11. The van der Waals surface area contributed by atoms with Crippen molar-refractivity contribution in [3.8, 4) is 0 Å². The van der Waals surface area contributed by atoms with E-state index in [2.05, 4.69) is 10.9 Å². The molecule has 2 amide bonds. The smallest absolute Gasteiger partial charge is 0.269 e. The number of hydrogen-bond donors (Lipinski definition) is 2. The van der Waals surface area contributed by atoms with Gasteiger partial charge in [0.25, 0.3) is 11.8 Å². The number of aryl methyl sites for hydroxylation is 2. The van der Waals surface area contributed by atoms with Crippen molar-refractivity contribution in [2.75, 3.05) is 5.75 Å². The third kappa shape index (κ3) is 6.11. The number of carbonyl (C=O) groups excluding carboxylic acids is 2. The van der Waals surface area contributed by atoms with Crippen molar-refractivity contribution in [1.29, 1.82) is 0 Å². The predicted molar refractivity (Wildman–Crippen MR) is 94.6 cm³/mol. The van der Waals surface area contributed by atoms with Gasteiger partial charge in [0.1, 0.15) is 11.6 Å². The lowest BCUT2D eigenvalue weighted by Gasteiger charge is -2.08. The minimum absolute atomic E-state index is 0.207. The molecule has 2 aromatic rings. The van der Waals surface area contributed by atoms with E-state index < -0.39 is 28.4 Å². The number of rotatable bonds is 5. The van der Waals surface area contributed by atoms with Gasteiger partial charge in [-0.15, -0.1) is 0 Å². The van der Waals surface area contributed by atoms with Gasteiger partial charge in [-0.1, -0.05) is 29.3 Å². The van der Waals surface area contributed by atoms with Crippen LogP contribution in [0.1, 0.15) is 27.0 Å². The Kier molecular flexibility index (Phi) is 6.41. The van der Waals surface area contributed by atoms with Gasteiger partial charge in [-0.3, -0.25) is 24.6 Å². The molecule has 2 N–H and O–H groups in total. The number of hydrogen-bond acceptors (Lipinski definition) is 3. The molecule has 5 nitrogen and oxygen atoms in total. The summed E-state index contributed by atoms with van der Waals surface area (Å²) < 4.78 is 24.9. The van der Waals surface area contributed by atoms with Gasteiger partial charge < -0.3 is 0 Å². The summed E-state index contributed by atoms with van der Waals surface area (Å²) in [4.78, 5) is 23.6. The third-order valence-corrected chi connectivity index (χ3v) is 4.56. The maximum Gasteiger partial charge on any atom is 0.269 e. The van der Waals surface area contributed by atoms with Crippen LogP contribution in [0.25, 0.3) is 0 Å². The number of carbonyl (C=O) groups is 2. The molecule has 132 valence electrons. The van der Waals surface area contributed by atoms with Crippen LogP contribution in [0, 0.1) is 19.7 Å². The van der Waals surface area contributed by atoms with Crippen molar-refractivity contribution in [2.24, 2.45) is 0 Å². The summed E-state index contributed by atoms with van der Waals surface area (Å²) in [6, 6.07) is 10.8. The maximum absolute atomic E-state index is 12.8. The van der Waals surface area contributed by atoms with Crippen molar-refractivity contribution in [3.05, 3.63) is 70.5 Å². The number of nitrogens with one attached hydrogen (secondary N) is 2. The monoisotopic (exact) mass is 362 g/mol. The lowest BCUT2D eigenvalue weighted by atomic mass is 10.1. The Morgan fingerprint density at radius 2 is 1.60 bits per heavy atom. The number of benzene rings is 2. The topological polar surface area (TPSA) is 75.3 Å². The normalized spacial score (nSPS) is 11.6. The first kappa shape index (κ1) is 18.8. The zero-order chi connectivity index (χ0) is 18.4. The SMILES string of the molecule is Cc1cc(C)cc(C[S@@](=O)CC(=O)NNC(=O)c2ccc(F)cc2)c1. The number of halogens is 1. The van der Waals surface area contributed by atoms with E-state index in [0.29, 0.717) is 0 Å². The molecule has 25 heavy (non-hydrogen) atoms. The molecule has 0 aliphatic carbocycles. The fraction of sp³-hybridized carbons (Fsp3) is 0.222. The molecule has 0 unspecified atom stereocenters. The summed E-state index contributed by atoms with van der Waals surface area (Å²) in [7, 11) is -1.39. The van der Waals surface area contributed by atoms with E-state index >= 15 is 0 Å². The van der Waals surface area contributed by atoms with E-state index in [4.69, 9.17) is 0 Å². The Hall–Kier alpha value is -2.54. The average Bonchev–Trinajstić information content (AvgIpc) is 2.52. The van der Waals surface area contributed by atoms with Crippen LogP contribution in [0.4, 0.5) is 4.39 Å². The fourth-order valence-electron chi connectivity index (χ4n) is 2.37. The zero-order valence-electron chi connectivity index (χ0n) is 14.0. The summed E-state index contributed by atoms with van der Waals surface area (Å²) in [5, 5.41) is 0. The van der Waals surface area contributed by atoms with Gasteiger partial charge in [0.15, 0.2) is 0 Å². The van der Waals surface area contributed by atoms with Gasteiger partial charge >= 0.3 is 0 Å². The van der Waals surface area contributed by atoms with Crippen LogP contribution in [0.3, 0.4) is 0 Å². The third-order valence-electron chi connectivity index (χ3n) is 3.32. The summed E-state index contributed by atoms with van der Waals surface area (Å²) in [5.41, 5.74) is 7.67. The Bertz CT molecular complexity index is 786. The first-order valence-electron chi connectivity index (χ1n) is 7.60. The Balaban J connectivity index is 1.82. The van der Waals surface area contributed by atoms with E-state index in [1.807, 2.05) is 32.0 Å². The molecule has 0 saturated heterocycles. The Labute approximate surface area is 148 Å². The zero-order valence-corrected chi connectivity index (χ0v) is 14.8. The van der Waals surface area contributed by atoms with Crippen LogP contribution in [0.2, 0.25) is 0 Å².